The molecule has 4 nitrogen and oxygen atoms in total. The van der Waals surface area contributed by atoms with Gasteiger partial charge in [0.2, 0.25) is 0 Å². The molecule has 2 rings (SSSR count). The number of aromatic nitrogens is 2. The van der Waals surface area contributed by atoms with Crippen LogP contribution in [0.4, 0.5) is 5.82 Å². The maximum Gasteiger partial charge on any atom is 0.145 e. The third-order valence-corrected chi connectivity index (χ3v) is 4.09. The first kappa shape index (κ1) is 14.0. The number of hydrogen-bond acceptors (Lipinski definition) is 4. The van der Waals surface area contributed by atoms with E-state index in [-0.39, 0.29) is 0 Å². The van der Waals surface area contributed by atoms with Gasteiger partial charge in [0.1, 0.15) is 12.1 Å². The molecule has 1 unspecified atom stereocenters. The van der Waals surface area contributed by atoms with Crippen molar-refractivity contribution in [1.82, 2.24) is 15.3 Å². The second kappa shape index (κ2) is 7.23. The van der Waals surface area contributed by atoms with Crippen molar-refractivity contribution in [3.8, 4) is 0 Å². The molecule has 1 aliphatic rings. The first-order valence-corrected chi connectivity index (χ1v) is 7.80. The normalized spacial score (nSPS) is 20.1. The summed E-state index contributed by atoms with van der Waals surface area (Å²) in [7, 11) is 0. The highest BCUT2D eigenvalue weighted by molar-refractivity contribution is 14.1. The molecule has 1 saturated heterocycles. The highest BCUT2D eigenvalue weighted by atomic mass is 127. The Morgan fingerprint density at radius 2 is 2.44 bits per heavy atom. The van der Waals surface area contributed by atoms with Crippen LogP contribution in [-0.2, 0) is 0 Å². The Morgan fingerprint density at radius 1 is 1.56 bits per heavy atom. The fraction of sp³-hybridized carbons (Fsp3) is 0.692. The van der Waals surface area contributed by atoms with Gasteiger partial charge in [0, 0.05) is 19.3 Å². The second-order valence-electron chi connectivity index (χ2n) is 4.85. The Balaban J connectivity index is 1.92. The summed E-state index contributed by atoms with van der Waals surface area (Å²) in [4.78, 5) is 10.9. The van der Waals surface area contributed by atoms with Gasteiger partial charge >= 0.3 is 0 Å². The van der Waals surface area contributed by atoms with E-state index in [0.717, 1.165) is 41.5 Å². The minimum absolute atomic E-state index is 0.746. The van der Waals surface area contributed by atoms with Crippen LogP contribution in [0.25, 0.3) is 0 Å². The summed E-state index contributed by atoms with van der Waals surface area (Å²) in [6, 6.07) is 0. The molecule has 0 amide bonds. The van der Waals surface area contributed by atoms with Crippen molar-refractivity contribution >= 4 is 28.4 Å². The quantitative estimate of drug-likeness (QED) is 0.646. The molecule has 1 aromatic heterocycles. The molecule has 0 radical (unpaired) electrons. The van der Waals surface area contributed by atoms with Crippen LogP contribution in [0.5, 0.6) is 0 Å². The molecule has 0 spiro atoms. The molecule has 2 heterocycles. The van der Waals surface area contributed by atoms with E-state index in [1.165, 1.54) is 19.3 Å². The smallest absolute Gasteiger partial charge is 0.145 e. The molecule has 0 bridgehead atoms. The summed E-state index contributed by atoms with van der Waals surface area (Å²) >= 11 is 2.32. The first-order valence-electron chi connectivity index (χ1n) is 6.72. The molecule has 100 valence electrons. The SMILES string of the molecule is CCCNCC1CCCN(c2ncncc2I)C1. The van der Waals surface area contributed by atoms with Crippen LogP contribution in [0.15, 0.2) is 12.5 Å². The van der Waals surface area contributed by atoms with Crippen LogP contribution in [0.1, 0.15) is 26.2 Å². The average Bonchev–Trinajstić information content (AvgIpc) is 2.40. The molecule has 0 aliphatic carbocycles. The molecule has 1 N–H and O–H groups in total. The van der Waals surface area contributed by atoms with E-state index < -0.39 is 0 Å². The van der Waals surface area contributed by atoms with Crippen molar-refractivity contribution in [3.05, 3.63) is 16.1 Å². The van der Waals surface area contributed by atoms with E-state index in [2.05, 4.69) is 49.7 Å². The van der Waals surface area contributed by atoms with Crippen molar-refractivity contribution in [2.24, 2.45) is 5.92 Å². The van der Waals surface area contributed by atoms with E-state index in [9.17, 15) is 0 Å². The number of nitrogens with zero attached hydrogens (tertiary/aromatic N) is 3. The predicted molar refractivity (Wildman–Crippen MR) is 82.8 cm³/mol. The van der Waals surface area contributed by atoms with Crippen molar-refractivity contribution < 1.29 is 0 Å². The van der Waals surface area contributed by atoms with Crippen LogP contribution >= 0.6 is 22.6 Å². The lowest BCUT2D eigenvalue weighted by atomic mass is 9.98. The van der Waals surface area contributed by atoms with Crippen molar-refractivity contribution in [3.63, 3.8) is 0 Å². The zero-order valence-electron chi connectivity index (χ0n) is 10.9. The third-order valence-electron chi connectivity index (χ3n) is 3.33. The van der Waals surface area contributed by atoms with Gasteiger partial charge in [0.15, 0.2) is 0 Å². The van der Waals surface area contributed by atoms with E-state index in [0.29, 0.717) is 0 Å². The van der Waals surface area contributed by atoms with Gasteiger partial charge in [0.05, 0.1) is 3.57 Å². The Morgan fingerprint density at radius 3 is 3.22 bits per heavy atom. The van der Waals surface area contributed by atoms with Gasteiger partial charge in [-0.15, -0.1) is 0 Å². The summed E-state index contributed by atoms with van der Waals surface area (Å²) in [5, 5.41) is 3.53. The highest BCUT2D eigenvalue weighted by Gasteiger charge is 2.21. The Kier molecular flexibility index (Phi) is 5.62. The van der Waals surface area contributed by atoms with E-state index in [1.807, 2.05) is 6.20 Å². The number of halogens is 1. The van der Waals surface area contributed by atoms with Gasteiger partial charge in [0.25, 0.3) is 0 Å². The third kappa shape index (κ3) is 3.78. The van der Waals surface area contributed by atoms with Crippen LogP contribution in [0.2, 0.25) is 0 Å². The van der Waals surface area contributed by atoms with E-state index in [4.69, 9.17) is 0 Å². The van der Waals surface area contributed by atoms with Gasteiger partial charge in [-0.25, -0.2) is 9.97 Å². The van der Waals surface area contributed by atoms with Crippen LogP contribution in [0.3, 0.4) is 0 Å². The monoisotopic (exact) mass is 360 g/mol. The zero-order valence-corrected chi connectivity index (χ0v) is 13.1. The molecule has 18 heavy (non-hydrogen) atoms. The Hall–Kier alpha value is -0.430. The van der Waals surface area contributed by atoms with Crippen molar-refractivity contribution in [1.29, 1.82) is 0 Å². The minimum atomic E-state index is 0.746. The molecule has 1 aromatic rings. The van der Waals surface area contributed by atoms with Crippen molar-refractivity contribution in [2.75, 3.05) is 31.1 Å². The molecule has 0 aromatic carbocycles. The predicted octanol–water partition coefficient (Wildman–Crippen LogP) is 2.30. The number of anilines is 1. The van der Waals surface area contributed by atoms with Crippen LogP contribution in [0, 0.1) is 9.49 Å². The van der Waals surface area contributed by atoms with E-state index in [1.54, 1.807) is 6.33 Å². The lowest BCUT2D eigenvalue weighted by molar-refractivity contribution is 0.390. The maximum absolute atomic E-state index is 4.42. The molecule has 1 fully saturated rings. The maximum atomic E-state index is 4.42. The lowest BCUT2D eigenvalue weighted by Gasteiger charge is -2.34. The van der Waals surface area contributed by atoms with Crippen LogP contribution in [-0.4, -0.2) is 36.1 Å². The number of rotatable bonds is 5. The number of nitrogens with one attached hydrogen (secondary N) is 1. The number of piperidine rings is 1. The summed E-state index contributed by atoms with van der Waals surface area (Å²) in [5.41, 5.74) is 0. The highest BCUT2D eigenvalue weighted by Crippen LogP contribution is 2.24. The Labute approximate surface area is 123 Å². The van der Waals surface area contributed by atoms with Crippen LogP contribution < -0.4 is 10.2 Å². The zero-order chi connectivity index (χ0) is 12.8. The minimum Gasteiger partial charge on any atom is -0.355 e. The summed E-state index contributed by atoms with van der Waals surface area (Å²) < 4.78 is 1.15. The molecule has 1 atom stereocenters. The molecular weight excluding hydrogens is 339 g/mol. The molecule has 1 aliphatic heterocycles. The van der Waals surface area contributed by atoms with Gasteiger partial charge < -0.3 is 10.2 Å². The number of hydrogen-bond donors (Lipinski definition) is 1. The summed E-state index contributed by atoms with van der Waals surface area (Å²) in [6.07, 6.45) is 7.34. The van der Waals surface area contributed by atoms with Gasteiger partial charge in [-0.3, -0.25) is 0 Å². The first-order chi connectivity index (χ1) is 8.81. The fourth-order valence-electron chi connectivity index (χ4n) is 2.45. The van der Waals surface area contributed by atoms with Crippen molar-refractivity contribution in [2.45, 2.75) is 26.2 Å². The largest absolute Gasteiger partial charge is 0.355 e. The molecule has 5 heteroatoms. The van der Waals surface area contributed by atoms with Gasteiger partial charge in [-0.2, -0.15) is 0 Å². The molecular formula is C13H21IN4. The summed E-state index contributed by atoms with van der Waals surface area (Å²) in [6.45, 7) is 6.71. The van der Waals surface area contributed by atoms with E-state index >= 15 is 0 Å². The standard InChI is InChI=1S/C13H21IN4/c1-2-5-15-7-11-4-3-6-18(9-11)13-12(14)8-16-10-17-13/h8,10-11,15H,2-7,9H2,1H3. The molecule has 0 saturated carbocycles. The lowest BCUT2D eigenvalue weighted by Crippen LogP contribution is -2.40. The summed E-state index contributed by atoms with van der Waals surface area (Å²) in [5.74, 6) is 1.85. The topological polar surface area (TPSA) is 41.0 Å². The fourth-order valence-corrected chi connectivity index (χ4v) is 3.09. The average molecular weight is 360 g/mol. The Bertz CT molecular complexity index is 372. The van der Waals surface area contributed by atoms with Gasteiger partial charge in [-0.05, 0) is 60.9 Å². The second-order valence-corrected chi connectivity index (χ2v) is 6.01. The van der Waals surface area contributed by atoms with Gasteiger partial charge in [-0.1, -0.05) is 6.92 Å².